The fourth-order valence-corrected chi connectivity index (χ4v) is 4.38. The third-order valence-corrected chi connectivity index (χ3v) is 5.64. The van der Waals surface area contributed by atoms with Crippen molar-refractivity contribution < 1.29 is 9.18 Å². The number of hydrogen-bond donors (Lipinski definition) is 2. The SMILES string of the molecule is N#Cc1cc(-c2ccc(Cl)c3c2C2(CCCCC2)NC(=O)N3)ccc1F. The predicted octanol–water partition coefficient (Wildman–Crippen LogP) is 5.31. The zero-order valence-electron chi connectivity index (χ0n) is 14.0. The Morgan fingerprint density at radius 3 is 2.65 bits per heavy atom. The molecule has 2 aromatic rings. The van der Waals surface area contributed by atoms with Gasteiger partial charge in [-0.2, -0.15) is 5.26 Å². The van der Waals surface area contributed by atoms with Crippen LogP contribution in [0.5, 0.6) is 0 Å². The lowest BCUT2D eigenvalue weighted by Crippen LogP contribution is -2.53. The van der Waals surface area contributed by atoms with Crippen LogP contribution in [0.4, 0.5) is 14.9 Å². The predicted molar refractivity (Wildman–Crippen MR) is 98.5 cm³/mol. The molecule has 1 aliphatic carbocycles. The molecule has 1 aliphatic heterocycles. The second kappa shape index (κ2) is 6.30. The molecule has 0 aromatic heterocycles. The van der Waals surface area contributed by atoms with E-state index in [1.165, 1.54) is 6.07 Å². The lowest BCUT2D eigenvalue weighted by molar-refractivity contribution is 0.209. The fourth-order valence-electron chi connectivity index (χ4n) is 4.17. The highest BCUT2D eigenvalue weighted by molar-refractivity contribution is 6.34. The number of benzene rings is 2. The van der Waals surface area contributed by atoms with Gasteiger partial charge in [-0.1, -0.05) is 43.0 Å². The Hall–Kier alpha value is -2.58. The van der Waals surface area contributed by atoms with Crippen molar-refractivity contribution >= 4 is 23.3 Å². The molecule has 4 nitrogen and oxygen atoms in total. The van der Waals surface area contributed by atoms with Gasteiger partial charge in [0, 0.05) is 5.56 Å². The maximum absolute atomic E-state index is 13.8. The Labute approximate surface area is 156 Å². The van der Waals surface area contributed by atoms with Crippen LogP contribution < -0.4 is 10.6 Å². The van der Waals surface area contributed by atoms with Gasteiger partial charge in [-0.3, -0.25) is 0 Å². The van der Waals surface area contributed by atoms with Crippen molar-refractivity contribution in [1.29, 1.82) is 5.26 Å². The van der Waals surface area contributed by atoms with Crippen LogP contribution in [-0.4, -0.2) is 6.03 Å². The standard InChI is InChI=1S/C20H17ClFN3O/c21-15-6-5-14(12-4-7-16(22)13(10-12)11-23)17-18(15)24-19(26)25-20(17)8-2-1-3-9-20/h4-7,10H,1-3,8-9H2,(H2,24,25,26). The molecule has 1 spiro atoms. The number of fused-ring (bicyclic) bond motifs is 2. The number of halogens is 2. The molecule has 4 rings (SSSR count). The molecule has 2 aromatic carbocycles. The van der Waals surface area contributed by atoms with Gasteiger partial charge in [0.15, 0.2) is 0 Å². The van der Waals surface area contributed by atoms with E-state index in [-0.39, 0.29) is 11.6 Å². The molecule has 2 N–H and O–H groups in total. The molecular weight excluding hydrogens is 353 g/mol. The number of carbonyl (C=O) groups excluding carboxylic acids is 1. The summed E-state index contributed by atoms with van der Waals surface area (Å²) in [4.78, 5) is 12.3. The highest BCUT2D eigenvalue weighted by atomic mass is 35.5. The average molecular weight is 370 g/mol. The summed E-state index contributed by atoms with van der Waals surface area (Å²) in [5.74, 6) is -0.544. The fraction of sp³-hybridized carbons (Fsp3) is 0.300. The van der Waals surface area contributed by atoms with Crippen LogP contribution in [0.2, 0.25) is 5.02 Å². The molecule has 6 heteroatoms. The first kappa shape index (κ1) is 16.9. The molecule has 0 atom stereocenters. The Balaban J connectivity index is 1.97. The van der Waals surface area contributed by atoms with Gasteiger partial charge >= 0.3 is 6.03 Å². The number of hydrogen-bond acceptors (Lipinski definition) is 2. The summed E-state index contributed by atoms with van der Waals surface area (Å²) in [6, 6.07) is 9.75. The number of nitriles is 1. The average Bonchev–Trinajstić information content (AvgIpc) is 2.64. The van der Waals surface area contributed by atoms with Crippen LogP contribution in [0.25, 0.3) is 11.1 Å². The minimum absolute atomic E-state index is 0.00306. The molecule has 2 aliphatic rings. The van der Waals surface area contributed by atoms with Gasteiger partial charge in [-0.05, 0) is 42.2 Å². The number of nitrogens with zero attached hydrogens (tertiary/aromatic N) is 1. The van der Waals surface area contributed by atoms with Crippen molar-refractivity contribution in [2.75, 3.05) is 5.32 Å². The second-order valence-electron chi connectivity index (χ2n) is 6.87. The smallest absolute Gasteiger partial charge is 0.319 e. The first-order valence-corrected chi connectivity index (χ1v) is 9.04. The Morgan fingerprint density at radius 2 is 1.92 bits per heavy atom. The van der Waals surface area contributed by atoms with Crippen LogP contribution in [0, 0.1) is 17.1 Å². The van der Waals surface area contributed by atoms with Crippen LogP contribution in [0.3, 0.4) is 0 Å². The van der Waals surface area contributed by atoms with E-state index in [0.717, 1.165) is 48.8 Å². The van der Waals surface area contributed by atoms with Crippen molar-refractivity contribution in [2.24, 2.45) is 0 Å². The first-order chi connectivity index (χ1) is 12.5. The zero-order chi connectivity index (χ0) is 18.3. The summed E-state index contributed by atoms with van der Waals surface area (Å²) < 4.78 is 13.8. The monoisotopic (exact) mass is 369 g/mol. The van der Waals surface area contributed by atoms with Crippen molar-refractivity contribution in [3.63, 3.8) is 0 Å². The number of anilines is 1. The quantitative estimate of drug-likeness (QED) is 0.715. The van der Waals surface area contributed by atoms with Gasteiger partial charge in [0.1, 0.15) is 11.9 Å². The lowest BCUT2D eigenvalue weighted by atomic mass is 9.72. The summed E-state index contributed by atoms with van der Waals surface area (Å²) in [6.07, 6.45) is 4.81. The van der Waals surface area contributed by atoms with Gasteiger partial charge in [0.2, 0.25) is 0 Å². The summed E-state index contributed by atoms with van der Waals surface area (Å²) in [5, 5.41) is 15.6. The highest BCUT2D eigenvalue weighted by Crippen LogP contribution is 2.49. The molecule has 0 saturated heterocycles. The van der Waals surface area contributed by atoms with Crippen molar-refractivity contribution in [3.05, 3.63) is 52.3 Å². The van der Waals surface area contributed by atoms with Crippen LogP contribution in [0.15, 0.2) is 30.3 Å². The molecule has 0 radical (unpaired) electrons. The van der Waals surface area contributed by atoms with Crippen LogP contribution in [-0.2, 0) is 5.54 Å². The molecule has 1 fully saturated rings. The van der Waals surface area contributed by atoms with Crippen molar-refractivity contribution in [1.82, 2.24) is 5.32 Å². The van der Waals surface area contributed by atoms with Gasteiger partial charge in [-0.15, -0.1) is 0 Å². The van der Waals surface area contributed by atoms with E-state index in [1.54, 1.807) is 18.2 Å². The normalized spacial score (nSPS) is 17.8. The third kappa shape index (κ3) is 2.62. The van der Waals surface area contributed by atoms with Gasteiger partial charge in [0.25, 0.3) is 0 Å². The van der Waals surface area contributed by atoms with E-state index in [9.17, 15) is 9.18 Å². The maximum Gasteiger partial charge on any atom is 0.319 e. The molecule has 132 valence electrons. The number of rotatable bonds is 1. The Morgan fingerprint density at radius 1 is 1.15 bits per heavy atom. The number of nitrogens with one attached hydrogen (secondary N) is 2. The second-order valence-corrected chi connectivity index (χ2v) is 7.28. The van der Waals surface area contributed by atoms with Gasteiger partial charge in [-0.25, -0.2) is 9.18 Å². The zero-order valence-corrected chi connectivity index (χ0v) is 14.8. The molecule has 0 unspecified atom stereocenters. The van der Waals surface area contributed by atoms with Crippen LogP contribution in [0.1, 0.15) is 43.2 Å². The summed E-state index contributed by atoms with van der Waals surface area (Å²) in [6.45, 7) is 0. The van der Waals surface area contributed by atoms with Gasteiger partial charge < -0.3 is 10.6 Å². The van der Waals surface area contributed by atoms with Crippen molar-refractivity contribution in [3.8, 4) is 17.2 Å². The molecular formula is C20H17ClFN3O. The summed E-state index contributed by atoms with van der Waals surface area (Å²) >= 11 is 6.40. The summed E-state index contributed by atoms with van der Waals surface area (Å²) in [7, 11) is 0. The maximum atomic E-state index is 13.8. The Bertz CT molecular complexity index is 945. The largest absolute Gasteiger partial charge is 0.328 e. The van der Waals surface area contributed by atoms with Crippen LogP contribution >= 0.6 is 11.6 Å². The van der Waals surface area contributed by atoms with E-state index in [1.807, 2.05) is 12.1 Å². The third-order valence-electron chi connectivity index (χ3n) is 5.33. The van der Waals surface area contributed by atoms with E-state index in [2.05, 4.69) is 10.6 Å². The molecule has 26 heavy (non-hydrogen) atoms. The number of amides is 2. The Kier molecular flexibility index (Phi) is 4.08. The number of urea groups is 1. The van der Waals surface area contributed by atoms with E-state index in [4.69, 9.17) is 16.9 Å². The van der Waals surface area contributed by atoms with Crippen molar-refractivity contribution in [2.45, 2.75) is 37.6 Å². The first-order valence-electron chi connectivity index (χ1n) is 8.66. The molecule has 0 bridgehead atoms. The van der Waals surface area contributed by atoms with E-state index >= 15 is 0 Å². The highest BCUT2D eigenvalue weighted by Gasteiger charge is 2.43. The minimum Gasteiger partial charge on any atom is -0.328 e. The molecule has 2 amide bonds. The topological polar surface area (TPSA) is 64.9 Å². The van der Waals surface area contributed by atoms with Gasteiger partial charge in [0.05, 0.1) is 21.8 Å². The lowest BCUT2D eigenvalue weighted by Gasteiger charge is -2.44. The minimum atomic E-state index is -0.544. The summed E-state index contributed by atoms with van der Waals surface area (Å²) in [5.41, 5.74) is 2.64. The molecule has 1 heterocycles. The number of carbonyl (C=O) groups is 1. The van der Waals surface area contributed by atoms with E-state index in [0.29, 0.717) is 10.7 Å². The molecule has 1 saturated carbocycles. The van der Waals surface area contributed by atoms with E-state index < -0.39 is 11.4 Å².